The summed E-state index contributed by atoms with van der Waals surface area (Å²) in [5.74, 6) is -0.709. The number of aryl methyl sites for hydroxylation is 2. The molecule has 0 saturated heterocycles. The summed E-state index contributed by atoms with van der Waals surface area (Å²) in [5.41, 5.74) is 2.96. The van der Waals surface area contributed by atoms with Gasteiger partial charge in [-0.25, -0.2) is 9.97 Å². The van der Waals surface area contributed by atoms with Crippen molar-refractivity contribution in [1.29, 1.82) is 0 Å². The number of rotatable bonds is 8. The molecule has 3 rings (SSSR count). The zero-order valence-corrected chi connectivity index (χ0v) is 17.4. The van der Waals surface area contributed by atoms with Gasteiger partial charge in [0.15, 0.2) is 6.61 Å². The smallest absolute Gasteiger partial charge is 0.316 e. The summed E-state index contributed by atoms with van der Waals surface area (Å²) in [6.45, 7) is 3.77. The topological polar surface area (TPSA) is 81.2 Å². The van der Waals surface area contributed by atoms with E-state index in [1.54, 1.807) is 0 Å². The summed E-state index contributed by atoms with van der Waals surface area (Å²) < 4.78 is 5.13. The van der Waals surface area contributed by atoms with E-state index in [4.69, 9.17) is 4.74 Å². The van der Waals surface area contributed by atoms with Crippen LogP contribution in [0.2, 0.25) is 0 Å². The van der Waals surface area contributed by atoms with Crippen LogP contribution in [0.15, 0.2) is 41.0 Å². The van der Waals surface area contributed by atoms with Crippen LogP contribution >= 0.6 is 23.1 Å². The molecule has 28 heavy (non-hydrogen) atoms. The van der Waals surface area contributed by atoms with Crippen LogP contribution in [0.4, 0.5) is 5.69 Å². The van der Waals surface area contributed by atoms with Crippen molar-refractivity contribution in [2.45, 2.75) is 31.7 Å². The summed E-state index contributed by atoms with van der Waals surface area (Å²) in [4.78, 5) is 33.6. The molecule has 0 fully saturated rings. The highest BCUT2D eigenvalue weighted by Gasteiger charge is 2.13. The number of ether oxygens (including phenoxy) is 1. The minimum Gasteiger partial charge on any atom is -0.455 e. The number of hydrogen-bond donors (Lipinski definition) is 1. The first-order chi connectivity index (χ1) is 13.6. The number of benzene rings is 1. The van der Waals surface area contributed by atoms with Crippen molar-refractivity contribution in [1.82, 2.24) is 9.97 Å². The summed E-state index contributed by atoms with van der Waals surface area (Å²) >= 11 is 2.80. The molecule has 2 aromatic heterocycles. The molecule has 8 heteroatoms. The molecule has 0 unspecified atom stereocenters. The Morgan fingerprint density at radius 2 is 1.89 bits per heavy atom. The molecular formula is C20H21N3O3S2. The van der Waals surface area contributed by atoms with Gasteiger partial charge in [0.2, 0.25) is 0 Å². The summed E-state index contributed by atoms with van der Waals surface area (Å²) in [7, 11) is 0. The Morgan fingerprint density at radius 1 is 1.14 bits per heavy atom. The number of carbonyl (C=O) groups is 2. The normalized spacial score (nSPS) is 10.8. The van der Waals surface area contributed by atoms with Gasteiger partial charge in [0.1, 0.15) is 16.2 Å². The first-order valence-corrected chi connectivity index (χ1v) is 10.9. The van der Waals surface area contributed by atoms with Crippen LogP contribution in [0.25, 0.3) is 10.2 Å². The standard InChI is InChI=1S/C20H21N3O3S2/c1-3-13-6-5-7-14(4-2)18(13)23-16(24)10-26-17(25)11-28-20-15-8-9-27-19(15)21-12-22-20/h5-9,12H,3-4,10-11H2,1-2H3,(H,23,24). The fourth-order valence-corrected chi connectivity index (χ4v) is 4.35. The van der Waals surface area contributed by atoms with Gasteiger partial charge in [-0.05, 0) is 35.4 Å². The van der Waals surface area contributed by atoms with E-state index in [1.165, 1.54) is 29.4 Å². The van der Waals surface area contributed by atoms with Gasteiger partial charge in [-0.2, -0.15) is 0 Å². The summed E-state index contributed by atoms with van der Waals surface area (Å²) in [6.07, 6.45) is 3.11. The number of para-hydroxylation sites is 1. The van der Waals surface area contributed by atoms with Crippen molar-refractivity contribution in [3.63, 3.8) is 0 Å². The maximum atomic E-state index is 12.3. The highest BCUT2D eigenvalue weighted by atomic mass is 32.2. The number of esters is 1. The lowest BCUT2D eigenvalue weighted by molar-refractivity contribution is -0.144. The highest BCUT2D eigenvalue weighted by Crippen LogP contribution is 2.27. The van der Waals surface area contributed by atoms with E-state index in [-0.39, 0.29) is 18.3 Å². The van der Waals surface area contributed by atoms with Crippen molar-refractivity contribution in [2.75, 3.05) is 17.7 Å². The quantitative estimate of drug-likeness (QED) is 0.339. The molecule has 6 nitrogen and oxygen atoms in total. The van der Waals surface area contributed by atoms with Crippen molar-refractivity contribution >= 4 is 50.9 Å². The van der Waals surface area contributed by atoms with Crippen LogP contribution in [-0.4, -0.2) is 34.2 Å². The van der Waals surface area contributed by atoms with E-state index < -0.39 is 5.97 Å². The van der Waals surface area contributed by atoms with Gasteiger partial charge in [0.25, 0.3) is 5.91 Å². The molecule has 1 amide bonds. The van der Waals surface area contributed by atoms with Gasteiger partial charge in [0, 0.05) is 11.1 Å². The number of fused-ring (bicyclic) bond motifs is 1. The van der Waals surface area contributed by atoms with Crippen molar-refractivity contribution in [3.8, 4) is 0 Å². The number of nitrogens with one attached hydrogen (secondary N) is 1. The Hall–Kier alpha value is -2.45. The van der Waals surface area contributed by atoms with Crippen LogP contribution in [0.3, 0.4) is 0 Å². The zero-order valence-electron chi connectivity index (χ0n) is 15.7. The average Bonchev–Trinajstić information content (AvgIpc) is 3.20. The third-order valence-corrected chi connectivity index (χ3v) is 5.98. The molecule has 0 aliphatic rings. The van der Waals surface area contributed by atoms with E-state index in [0.29, 0.717) is 0 Å². The van der Waals surface area contributed by atoms with Gasteiger partial charge in [-0.3, -0.25) is 9.59 Å². The molecule has 2 heterocycles. The Labute approximate surface area is 171 Å². The third-order valence-electron chi connectivity index (χ3n) is 4.18. The molecule has 0 bridgehead atoms. The van der Waals surface area contributed by atoms with Gasteiger partial charge in [0.05, 0.1) is 5.75 Å². The first kappa shape index (κ1) is 20.3. The summed E-state index contributed by atoms with van der Waals surface area (Å²) in [6, 6.07) is 7.90. The minimum atomic E-state index is -0.457. The fourth-order valence-electron chi connectivity index (χ4n) is 2.78. The second kappa shape index (κ2) is 9.66. The Kier molecular flexibility index (Phi) is 7.00. The number of thiophene rings is 1. The van der Waals surface area contributed by atoms with Crippen LogP contribution < -0.4 is 5.32 Å². The lowest BCUT2D eigenvalue weighted by Crippen LogP contribution is -2.23. The predicted octanol–water partition coefficient (Wildman–Crippen LogP) is 4.09. The number of carbonyl (C=O) groups excluding carboxylic acids is 2. The number of anilines is 1. The van der Waals surface area contributed by atoms with Crippen molar-refractivity contribution in [3.05, 3.63) is 47.1 Å². The Morgan fingerprint density at radius 3 is 2.61 bits per heavy atom. The minimum absolute atomic E-state index is 0.0843. The van der Waals surface area contributed by atoms with Crippen LogP contribution in [0.5, 0.6) is 0 Å². The zero-order chi connectivity index (χ0) is 19.9. The largest absolute Gasteiger partial charge is 0.455 e. The molecule has 0 atom stereocenters. The number of thioether (sulfide) groups is 1. The molecule has 1 N–H and O–H groups in total. The van der Waals surface area contributed by atoms with Crippen LogP contribution in [-0.2, 0) is 27.2 Å². The second-order valence-electron chi connectivity index (χ2n) is 5.97. The molecule has 0 aliphatic heterocycles. The number of hydrogen-bond acceptors (Lipinski definition) is 7. The average molecular weight is 416 g/mol. The van der Waals surface area contributed by atoms with Crippen molar-refractivity contribution < 1.29 is 14.3 Å². The molecule has 0 saturated carbocycles. The van der Waals surface area contributed by atoms with Crippen LogP contribution in [0, 0.1) is 0 Å². The number of aromatic nitrogens is 2. The molecule has 0 spiro atoms. The van der Waals surface area contributed by atoms with Gasteiger partial charge in [-0.15, -0.1) is 11.3 Å². The molecule has 3 aromatic rings. The van der Waals surface area contributed by atoms with E-state index in [0.717, 1.165) is 44.9 Å². The maximum absolute atomic E-state index is 12.3. The van der Waals surface area contributed by atoms with Crippen LogP contribution in [0.1, 0.15) is 25.0 Å². The molecular weight excluding hydrogens is 394 g/mol. The molecule has 0 aliphatic carbocycles. The van der Waals surface area contributed by atoms with Gasteiger partial charge >= 0.3 is 5.97 Å². The second-order valence-corrected chi connectivity index (χ2v) is 7.83. The maximum Gasteiger partial charge on any atom is 0.316 e. The van der Waals surface area contributed by atoms with Crippen molar-refractivity contribution in [2.24, 2.45) is 0 Å². The van der Waals surface area contributed by atoms with E-state index in [9.17, 15) is 9.59 Å². The SMILES string of the molecule is CCc1cccc(CC)c1NC(=O)COC(=O)CSc1ncnc2sccc12. The fraction of sp³-hybridized carbons (Fsp3) is 0.300. The van der Waals surface area contributed by atoms with E-state index in [1.807, 2.05) is 43.5 Å². The highest BCUT2D eigenvalue weighted by molar-refractivity contribution is 8.00. The monoisotopic (exact) mass is 415 g/mol. The first-order valence-electron chi connectivity index (χ1n) is 8.99. The summed E-state index contributed by atoms with van der Waals surface area (Å²) in [5, 5.41) is 6.48. The van der Waals surface area contributed by atoms with E-state index >= 15 is 0 Å². The van der Waals surface area contributed by atoms with E-state index in [2.05, 4.69) is 15.3 Å². The number of nitrogens with zero attached hydrogens (tertiary/aromatic N) is 2. The Bertz CT molecular complexity index is 965. The van der Waals surface area contributed by atoms with Gasteiger partial charge < -0.3 is 10.1 Å². The number of amides is 1. The Balaban J connectivity index is 1.52. The van der Waals surface area contributed by atoms with Gasteiger partial charge in [-0.1, -0.05) is 43.8 Å². The predicted molar refractivity (Wildman–Crippen MR) is 113 cm³/mol. The lowest BCUT2D eigenvalue weighted by Gasteiger charge is -2.14. The lowest BCUT2D eigenvalue weighted by atomic mass is 10.0. The third kappa shape index (κ3) is 4.88. The molecule has 0 radical (unpaired) electrons. The molecule has 1 aromatic carbocycles. The molecule has 146 valence electrons.